The van der Waals surface area contributed by atoms with Gasteiger partial charge >= 0.3 is 5.97 Å². The zero-order valence-corrected chi connectivity index (χ0v) is 14.3. The van der Waals surface area contributed by atoms with Crippen molar-refractivity contribution in [3.8, 4) is 0 Å². The van der Waals surface area contributed by atoms with Crippen molar-refractivity contribution in [3.63, 3.8) is 0 Å². The maximum Gasteiger partial charge on any atom is 0.309 e. The Morgan fingerprint density at radius 1 is 1.38 bits per heavy atom. The van der Waals surface area contributed by atoms with Gasteiger partial charge in [0, 0.05) is 12.8 Å². The fourth-order valence-electron chi connectivity index (χ4n) is 2.63. The lowest BCUT2D eigenvalue weighted by molar-refractivity contribution is -0.141. The molecule has 1 saturated heterocycles. The molecule has 0 aliphatic carbocycles. The number of ether oxygens (including phenoxy) is 1. The van der Waals surface area contributed by atoms with Crippen LogP contribution in [0, 0.1) is 12.8 Å². The smallest absolute Gasteiger partial charge is 0.309 e. The second-order valence-corrected chi connectivity index (χ2v) is 6.91. The fraction of sp³-hybridized carbons (Fsp3) is 0.412. The van der Waals surface area contributed by atoms with Gasteiger partial charge in [-0.05, 0) is 30.9 Å². The molecule has 2 heterocycles. The van der Waals surface area contributed by atoms with Crippen LogP contribution in [0.5, 0.6) is 0 Å². The molecular formula is C17H19N3O3S. The Morgan fingerprint density at radius 3 is 2.96 bits per heavy atom. The molecular weight excluding hydrogens is 326 g/mol. The molecule has 7 heteroatoms. The molecule has 0 saturated carbocycles. The number of carbonyl (C=O) groups is 2. The van der Waals surface area contributed by atoms with Crippen LogP contribution >= 0.6 is 11.3 Å². The second-order valence-electron chi connectivity index (χ2n) is 5.84. The molecule has 3 rings (SSSR count). The van der Waals surface area contributed by atoms with Gasteiger partial charge in [0.05, 0.1) is 12.5 Å². The predicted octanol–water partition coefficient (Wildman–Crippen LogP) is 2.72. The summed E-state index contributed by atoms with van der Waals surface area (Å²) in [5.41, 5.74) is 2.41. The highest BCUT2D eigenvalue weighted by atomic mass is 32.1. The standard InChI is InChI=1S/C17H19N3O3S/c1-11-4-2-3-5-13(11)10-15-19-20-17(24-15)18-14(21)7-6-12-8-9-23-16(12)22/h2-5,12H,6-10H2,1H3,(H,18,20,21)/t12-/m0/s1. The lowest BCUT2D eigenvalue weighted by Gasteiger charge is -2.04. The number of aryl methyl sites for hydroxylation is 1. The third-order valence-electron chi connectivity index (χ3n) is 4.08. The first-order valence-corrected chi connectivity index (χ1v) is 8.77. The van der Waals surface area contributed by atoms with Crippen LogP contribution in [0.25, 0.3) is 0 Å². The zero-order valence-electron chi connectivity index (χ0n) is 13.4. The minimum atomic E-state index is -0.195. The number of amides is 1. The summed E-state index contributed by atoms with van der Waals surface area (Å²) < 4.78 is 4.89. The summed E-state index contributed by atoms with van der Waals surface area (Å²) in [5, 5.41) is 12.3. The van der Waals surface area contributed by atoms with Crippen molar-refractivity contribution in [1.29, 1.82) is 0 Å². The van der Waals surface area contributed by atoms with Gasteiger partial charge in [0.15, 0.2) is 0 Å². The highest BCUT2D eigenvalue weighted by Crippen LogP contribution is 2.22. The van der Waals surface area contributed by atoms with Gasteiger partial charge in [-0.3, -0.25) is 9.59 Å². The van der Waals surface area contributed by atoms with Crippen LogP contribution < -0.4 is 5.32 Å². The van der Waals surface area contributed by atoms with E-state index in [0.29, 0.717) is 31.0 Å². The van der Waals surface area contributed by atoms with Gasteiger partial charge in [0.1, 0.15) is 5.01 Å². The minimum absolute atomic E-state index is 0.145. The molecule has 0 unspecified atom stereocenters. The molecule has 126 valence electrons. The molecule has 0 spiro atoms. The molecule has 1 aromatic carbocycles. The Hall–Kier alpha value is -2.28. The van der Waals surface area contributed by atoms with Crippen LogP contribution in [0.3, 0.4) is 0 Å². The van der Waals surface area contributed by atoms with Gasteiger partial charge in [0.25, 0.3) is 0 Å². The number of hydrogen-bond donors (Lipinski definition) is 1. The molecule has 1 N–H and O–H groups in total. The van der Waals surface area contributed by atoms with Crippen molar-refractivity contribution in [3.05, 3.63) is 40.4 Å². The summed E-state index contributed by atoms with van der Waals surface area (Å²) >= 11 is 1.38. The van der Waals surface area contributed by atoms with E-state index in [4.69, 9.17) is 4.74 Å². The molecule has 2 aromatic rings. The SMILES string of the molecule is Cc1ccccc1Cc1nnc(NC(=O)CC[C@H]2CCOC2=O)s1. The predicted molar refractivity (Wildman–Crippen MR) is 90.8 cm³/mol. The highest BCUT2D eigenvalue weighted by molar-refractivity contribution is 7.15. The maximum atomic E-state index is 12.0. The molecule has 0 radical (unpaired) electrons. The monoisotopic (exact) mass is 345 g/mol. The van der Waals surface area contributed by atoms with Crippen molar-refractivity contribution in [1.82, 2.24) is 10.2 Å². The number of benzene rings is 1. The summed E-state index contributed by atoms with van der Waals surface area (Å²) in [7, 11) is 0. The van der Waals surface area contributed by atoms with Gasteiger partial charge in [0.2, 0.25) is 11.0 Å². The van der Waals surface area contributed by atoms with Gasteiger partial charge < -0.3 is 10.1 Å². The van der Waals surface area contributed by atoms with Crippen molar-refractivity contribution in [2.24, 2.45) is 5.92 Å². The van der Waals surface area contributed by atoms with E-state index in [1.807, 2.05) is 12.1 Å². The second kappa shape index (κ2) is 7.53. The molecule has 6 nitrogen and oxygen atoms in total. The van der Waals surface area contributed by atoms with Crippen LogP contribution in [0.4, 0.5) is 5.13 Å². The van der Waals surface area contributed by atoms with Crippen molar-refractivity contribution in [2.75, 3.05) is 11.9 Å². The van der Waals surface area contributed by atoms with E-state index in [1.165, 1.54) is 22.5 Å². The van der Waals surface area contributed by atoms with Crippen molar-refractivity contribution < 1.29 is 14.3 Å². The first-order valence-electron chi connectivity index (χ1n) is 7.95. The van der Waals surface area contributed by atoms with Crippen molar-refractivity contribution in [2.45, 2.75) is 32.6 Å². The van der Waals surface area contributed by atoms with Gasteiger partial charge in [-0.2, -0.15) is 0 Å². The van der Waals surface area contributed by atoms with Crippen LogP contribution in [-0.4, -0.2) is 28.7 Å². The Balaban J connectivity index is 1.51. The largest absolute Gasteiger partial charge is 0.465 e. The van der Waals surface area contributed by atoms with Crippen LogP contribution in [0.1, 0.15) is 35.4 Å². The number of nitrogens with one attached hydrogen (secondary N) is 1. The van der Waals surface area contributed by atoms with Gasteiger partial charge in [-0.1, -0.05) is 35.6 Å². The topological polar surface area (TPSA) is 81.2 Å². The molecule has 1 aromatic heterocycles. The summed E-state index contributed by atoms with van der Waals surface area (Å²) in [4.78, 5) is 23.3. The Kier molecular flexibility index (Phi) is 5.20. The number of hydrogen-bond acceptors (Lipinski definition) is 6. The molecule has 1 amide bonds. The minimum Gasteiger partial charge on any atom is -0.465 e. The van der Waals surface area contributed by atoms with Gasteiger partial charge in [-0.15, -0.1) is 10.2 Å². The first-order chi connectivity index (χ1) is 11.6. The molecule has 24 heavy (non-hydrogen) atoms. The van der Waals surface area contributed by atoms with Gasteiger partial charge in [-0.25, -0.2) is 0 Å². The lowest BCUT2D eigenvalue weighted by Crippen LogP contribution is -2.15. The highest BCUT2D eigenvalue weighted by Gasteiger charge is 2.26. The summed E-state index contributed by atoms with van der Waals surface area (Å²) in [6, 6.07) is 8.13. The number of aromatic nitrogens is 2. The Bertz CT molecular complexity index is 744. The van der Waals surface area contributed by atoms with E-state index in [-0.39, 0.29) is 24.2 Å². The first kappa shape index (κ1) is 16.6. The fourth-order valence-corrected chi connectivity index (χ4v) is 3.41. The van der Waals surface area contributed by atoms with E-state index in [1.54, 1.807) is 0 Å². The Morgan fingerprint density at radius 2 is 2.21 bits per heavy atom. The lowest BCUT2D eigenvalue weighted by atomic mass is 10.0. The number of cyclic esters (lactones) is 1. The molecule has 1 aliphatic rings. The number of nitrogens with zero attached hydrogens (tertiary/aromatic N) is 2. The Labute approximate surface area is 144 Å². The zero-order chi connectivity index (χ0) is 16.9. The van der Waals surface area contributed by atoms with E-state index in [2.05, 4.69) is 34.6 Å². The molecule has 1 fully saturated rings. The van der Waals surface area contributed by atoms with Crippen molar-refractivity contribution >= 4 is 28.3 Å². The van der Waals surface area contributed by atoms with Crippen LogP contribution in [-0.2, 0) is 20.7 Å². The maximum absolute atomic E-state index is 12.0. The van der Waals surface area contributed by atoms with Crippen LogP contribution in [0.2, 0.25) is 0 Å². The molecule has 0 bridgehead atoms. The van der Waals surface area contributed by atoms with E-state index in [0.717, 1.165) is 5.01 Å². The quantitative estimate of drug-likeness (QED) is 0.814. The summed E-state index contributed by atoms with van der Waals surface area (Å²) in [5.74, 6) is -0.491. The average molecular weight is 345 g/mol. The number of esters is 1. The third kappa shape index (κ3) is 4.17. The van der Waals surface area contributed by atoms with E-state index < -0.39 is 0 Å². The number of anilines is 1. The normalized spacial score (nSPS) is 16.9. The average Bonchev–Trinajstić information content (AvgIpc) is 3.17. The summed E-state index contributed by atoms with van der Waals surface area (Å²) in [6.45, 7) is 2.52. The van der Waals surface area contributed by atoms with E-state index in [9.17, 15) is 9.59 Å². The van der Waals surface area contributed by atoms with Crippen LogP contribution in [0.15, 0.2) is 24.3 Å². The number of carbonyl (C=O) groups excluding carboxylic acids is 2. The third-order valence-corrected chi connectivity index (χ3v) is 4.92. The molecule has 1 atom stereocenters. The summed E-state index contributed by atoms with van der Waals surface area (Å²) in [6.07, 6.45) is 2.20. The molecule has 1 aliphatic heterocycles. The van der Waals surface area contributed by atoms with E-state index >= 15 is 0 Å². The number of rotatable bonds is 6.